The number of rotatable bonds is 8. The van der Waals surface area contributed by atoms with Gasteiger partial charge in [0.05, 0.1) is 17.0 Å². The van der Waals surface area contributed by atoms with Crippen molar-refractivity contribution in [1.29, 1.82) is 0 Å². The highest BCUT2D eigenvalue weighted by Crippen LogP contribution is 2.39. The van der Waals surface area contributed by atoms with Crippen LogP contribution in [0.5, 0.6) is 0 Å². The van der Waals surface area contributed by atoms with Crippen LogP contribution < -0.4 is 10.6 Å². The largest absolute Gasteiger partial charge is 0.352 e. The number of para-hydroxylation sites is 1. The molecule has 36 heavy (non-hydrogen) atoms. The van der Waals surface area contributed by atoms with E-state index >= 15 is 0 Å². The van der Waals surface area contributed by atoms with Gasteiger partial charge in [-0.05, 0) is 53.4 Å². The van der Waals surface area contributed by atoms with Gasteiger partial charge < -0.3 is 15.5 Å². The second-order valence-electron chi connectivity index (χ2n) is 9.04. The third-order valence-corrected chi connectivity index (χ3v) is 7.29. The highest BCUT2D eigenvalue weighted by molar-refractivity contribution is 8.00. The molecule has 0 aliphatic carbocycles. The monoisotopic (exact) mass is 521 g/mol. The number of thioether (sulfide) groups is 1. The molecule has 0 bridgehead atoms. The predicted octanol–water partition coefficient (Wildman–Crippen LogP) is 5.75. The molecule has 186 valence electrons. The Bertz CT molecular complexity index is 1250. The van der Waals surface area contributed by atoms with Gasteiger partial charge in [0.15, 0.2) is 0 Å². The van der Waals surface area contributed by atoms with E-state index in [1.54, 1.807) is 48.2 Å². The maximum Gasteiger partial charge on any atom is 0.255 e. The van der Waals surface area contributed by atoms with Crippen LogP contribution in [0, 0.1) is 5.92 Å². The molecule has 1 aliphatic rings. The normalized spacial score (nSPS) is 15.3. The minimum atomic E-state index is -0.307. The number of anilines is 1. The molecule has 1 heterocycles. The van der Waals surface area contributed by atoms with Crippen molar-refractivity contribution in [3.8, 4) is 0 Å². The summed E-state index contributed by atoms with van der Waals surface area (Å²) in [6.07, 6.45) is 0. The molecule has 1 atom stereocenters. The van der Waals surface area contributed by atoms with Crippen LogP contribution in [0.4, 0.5) is 5.69 Å². The molecule has 0 saturated carbocycles. The van der Waals surface area contributed by atoms with Crippen LogP contribution in [-0.4, -0.2) is 34.9 Å². The highest BCUT2D eigenvalue weighted by atomic mass is 35.5. The standard InChI is InChI=1S/C28H28ClN3O3S/c1-18(2)15-30-27(35)23-5-3-4-6-24(23)31-26(34)20-9-11-21(12-10-20)28-32(25(33)17-36-28)16-19-7-13-22(29)14-8-19/h3-14,18,28H,15-17H2,1-2H3,(H,30,35)(H,31,34)/t28-/m0/s1. The lowest BCUT2D eigenvalue weighted by molar-refractivity contribution is -0.128. The van der Waals surface area contributed by atoms with Gasteiger partial charge in [-0.2, -0.15) is 0 Å². The van der Waals surface area contributed by atoms with Crippen molar-refractivity contribution in [3.05, 3.63) is 100 Å². The average Bonchev–Trinajstić information content (AvgIpc) is 3.24. The van der Waals surface area contributed by atoms with Crippen LogP contribution in [0.25, 0.3) is 0 Å². The summed E-state index contributed by atoms with van der Waals surface area (Å²) in [6.45, 7) is 5.09. The Labute approximate surface area is 220 Å². The van der Waals surface area contributed by atoms with Crippen molar-refractivity contribution in [1.82, 2.24) is 10.2 Å². The lowest BCUT2D eigenvalue weighted by Gasteiger charge is -2.24. The van der Waals surface area contributed by atoms with Gasteiger partial charge in [-0.15, -0.1) is 11.8 Å². The van der Waals surface area contributed by atoms with Gasteiger partial charge in [-0.3, -0.25) is 14.4 Å². The molecular formula is C28H28ClN3O3S. The van der Waals surface area contributed by atoms with Crippen molar-refractivity contribution in [2.24, 2.45) is 5.92 Å². The second-order valence-corrected chi connectivity index (χ2v) is 10.5. The van der Waals surface area contributed by atoms with Crippen molar-refractivity contribution in [3.63, 3.8) is 0 Å². The molecule has 0 unspecified atom stereocenters. The third kappa shape index (κ3) is 6.28. The Balaban J connectivity index is 1.45. The summed E-state index contributed by atoms with van der Waals surface area (Å²) in [7, 11) is 0. The Morgan fingerprint density at radius 2 is 1.69 bits per heavy atom. The van der Waals surface area contributed by atoms with Crippen LogP contribution in [0.2, 0.25) is 5.02 Å². The van der Waals surface area contributed by atoms with Crippen LogP contribution in [0.1, 0.15) is 51.1 Å². The summed E-state index contributed by atoms with van der Waals surface area (Å²) >= 11 is 7.55. The first-order valence-electron chi connectivity index (χ1n) is 11.8. The Hall–Kier alpha value is -3.29. The first kappa shape index (κ1) is 25.8. The SMILES string of the molecule is CC(C)CNC(=O)c1ccccc1NC(=O)c1ccc([C@@H]2SCC(=O)N2Cc2ccc(Cl)cc2)cc1. The Morgan fingerprint density at radius 1 is 1.00 bits per heavy atom. The predicted molar refractivity (Wildman–Crippen MR) is 145 cm³/mol. The molecule has 1 aliphatic heterocycles. The topological polar surface area (TPSA) is 78.5 Å². The van der Waals surface area contributed by atoms with E-state index in [0.717, 1.165) is 11.1 Å². The van der Waals surface area contributed by atoms with Crippen LogP contribution >= 0.6 is 23.4 Å². The summed E-state index contributed by atoms with van der Waals surface area (Å²) in [6, 6.07) is 21.7. The number of hydrogen-bond donors (Lipinski definition) is 2. The molecule has 3 aromatic carbocycles. The number of amides is 3. The molecule has 0 aromatic heterocycles. The summed E-state index contributed by atoms with van der Waals surface area (Å²) in [5, 5.41) is 6.27. The molecule has 0 spiro atoms. The minimum Gasteiger partial charge on any atom is -0.352 e. The second kappa shape index (κ2) is 11.6. The van der Waals surface area contributed by atoms with Gasteiger partial charge in [0.1, 0.15) is 5.37 Å². The number of carbonyl (C=O) groups is 3. The lowest BCUT2D eigenvalue weighted by atomic mass is 10.1. The zero-order valence-corrected chi connectivity index (χ0v) is 21.7. The maximum absolute atomic E-state index is 12.9. The molecule has 1 saturated heterocycles. The number of carbonyl (C=O) groups excluding carboxylic acids is 3. The fraction of sp³-hybridized carbons (Fsp3) is 0.250. The Morgan fingerprint density at radius 3 is 2.39 bits per heavy atom. The van der Waals surface area contributed by atoms with Crippen molar-refractivity contribution in [2.75, 3.05) is 17.6 Å². The fourth-order valence-corrected chi connectivity index (χ4v) is 5.18. The zero-order valence-electron chi connectivity index (χ0n) is 20.2. The van der Waals surface area contributed by atoms with Crippen molar-refractivity contribution < 1.29 is 14.4 Å². The van der Waals surface area contributed by atoms with E-state index in [1.807, 2.05) is 55.1 Å². The number of nitrogens with zero attached hydrogens (tertiary/aromatic N) is 1. The number of benzene rings is 3. The summed E-state index contributed by atoms with van der Waals surface area (Å²) in [5.41, 5.74) is 3.30. The lowest BCUT2D eigenvalue weighted by Crippen LogP contribution is -2.28. The van der Waals surface area contributed by atoms with Crippen LogP contribution in [0.3, 0.4) is 0 Å². The quantitative estimate of drug-likeness (QED) is 0.395. The van der Waals surface area contributed by atoms with E-state index < -0.39 is 0 Å². The number of nitrogens with one attached hydrogen (secondary N) is 2. The summed E-state index contributed by atoms with van der Waals surface area (Å²) in [4.78, 5) is 39.9. The molecule has 4 rings (SSSR count). The van der Waals surface area contributed by atoms with E-state index in [0.29, 0.717) is 46.6 Å². The molecular weight excluding hydrogens is 494 g/mol. The first-order chi connectivity index (χ1) is 17.3. The minimum absolute atomic E-state index is 0.0779. The van der Waals surface area contributed by atoms with E-state index in [9.17, 15) is 14.4 Å². The van der Waals surface area contributed by atoms with Crippen molar-refractivity contribution >= 4 is 46.8 Å². The molecule has 3 amide bonds. The van der Waals surface area contributed by atoms with Gasteiger partial charge in [-0.25, -0.2) is 0 Å². The molecule has 3 aromatic rings. The average molecular weight is 522 g/mol. The Kier molecular flexibility index (Phi) is 8.33. The molecule has 8 heteroatoms. The van der Waals surface area contributed by atoms with Crippen LogP contribution in [0.15, 0.2) is 72.8 Å². The van der Waals surface area contributed by atoms with Gasteiger partial charge in [0.2, 0.25) is 5.91 Å². The molecule has 2 N–H and O–H groups in total. The fourth-order valence-electron chi connectivity index (χ4n) is 3.86. The first-order valence-corrected chi connectivity index (χ1v) is 13.2. The summed E-state index contributed by atoms with van der Waals surface area (Å²) in [5.74, 6) is 0.284. The van der Waals surface area contributed by atoms with E-state index in [1.165, 1.54) is 0 Å². The maximum atomic E-state index is 12.9. The van der Waals surface area contributed by atoms with E-state index in [-0.39, 0.29) is 23.1 Å². The zero-order chi connectivity index (χ0) is 25.7. The highest BCUT2D eigenvalue weighted by Gasteiger charge is 2.32. The smallest absolute Gasteiger partial charge is 0.255 e. The van der Waals surface area contributed by atoms with Crippen LogP contribution in [-0.2, 0) is 11.3 Å². The summed E-state index contributed by atoms with van der Waals surface area (Å²) < 4.78 is 0. The molecule has 1 fully saturated rings. The van der Waals surface area contributed by atoms with Crippen molar-refractivity contribution in [2.45, 2.75) is 25.8 Å². The van der Waals surface area contributed by atoms with Gasteiger partial charge in [-0.1, -0.05) is 61.8 Å². The van der Waals surface area contributed by atoms with Gasteiger partial charge >= 0.3 is 0 Å². The number of halogens is 1. The van der Waals surface area contributed by atoms with E-state index in [2.05, 4.69) is 10.6 Å². The third-order valence-electron chi connectivity index (χ3n) is 5.78. The molecule has 6 nitrogen and oxygen atoms in total. The number of hydrogen-bond acceptors (Lipinski definition) is 4. The van der Waals surface area contributed by atoms with Gasteiger partial charge in [0.25, 0.3) is 11.8 Å². The van der Waals surface area contributed by atoms with E-state index in [4.69, 9.17) is 11.6 Å². The van der Waals surface area contributed by atoms with Gasteiger partial charge in [0, 0.05) is 23.7 Å². The molecule has 0 radical (unpaired) electrons.